The zero-order chi connectivity index (χ0) is 17.9. The van der Waals surface area contributed by atoms with Crippen LogP contribution in [0.5, 0.6) is 5.75 Å². The van der Waals surface area contributed by atoms with Gasteiger partial charge in [-0.3, -0.25) is 4.79 Å². The van der Waals surface area contributed by atoms with Crippen molar-refractivity contribution in [3.05, 3.63) is 29.5 Å². The zero-order valence-corrected chi connectivity index (χ0v) is 13.5. The van der Waals surface area contributed by atoms with Crippen molar-refractivity contribution in [1.82, 2.24) is 0 Å². The molecule has 0 heterocycles. The number of hydrogen-bond acceptors (Lipinski definition) is 6. The highest BCUT2D eigenvalue weighted by Crippen LogP contribution is 2.29. The third-order valence-electron chi connectivity index (χ3n) is 3.09. The number of carbonyl (C=O) groups is 1. The van der Waals surface area contributed by atoms with Gasteiger partial charge in [0.05, 0.1) is 12.8 Å². The van der Waals surface area contributed by atoms with Crippen molar-refractivity contribution >= 4 is 17.3 Å². The summed E-state index contributed by atoms with van der Waals surface area (Å²) >= 11 is 0. The summed E-state index contributed by atoms with van der Waals surface area (Å²) in [5, 5.41) is 32.2. The van der Waals surface area contributed by atoms with Crippen molar-refractivity contribution in [2.45, 2.75) is 26.2 Å². The molecule has 24 heavy (non-hydrogen) atoms. The van der Waals surface area contributed by atoms with Gasteiger partial charge < -0.3 is 15.4 Å². The van der Waals surface area contributed by atoms with Gasteiger partial charge in [0.15, 0.2) is 5.57 Å². The maximum absolute atomic E-state index is 11.8. The molecule has 1 amide bonds. The van der Waals surface area contributed by atoms with Crippen LogP contribution in [0.25, 0.3) is 0 Å². The molecule has 7 nitrogen and oxygen atoms in total. The first-order valence-electron chi connectivity index (χ1n) is 7.29. The lowest BCUT2D eigenvalue weighted by atomic mass is 10.2. The highest BCUT2D eigenvalue weighted by molar-refractivity contribution is 5.92. The van der Waals surface area contributed by atoms with Crippen molar-refractivity contribution < 1.29 is 9.53 Å². The number of nitrogens with one attached hydrogen (secondary N) is 2. The number of anilines is 2. The quantitative estimate of drug-likeness (QED) is 0.744. The number of methoxy groups -OCH3 is 1. The van der Waals surface area contributed by atoms with E-state index >= 15 is 0 Å². The molecule has 2 N–H and O–H groups in total. The van der Waals surface area contributed by atoms with E-state index in [-0.39, 0.29) is 17.2 Å². The Kier molecular flexibility index (Phi) is 7.34. The van der Waals surface area contributed by atoms with Crippen LogP contribution < -0.4 is 15.4 Å². The number of nitriles is 3. The third-order valence-corrected chi connectivity index (χ3v) is 3.09. The minimum absolute atomic E-state index is 0.107. The number of benzene rings is 1. The molecule has 1 aromatic rings. The van der Waals surface area contributed by atoms with Crippen LogP contribution in [0.15, 0.2) is 29.5 Å². The van der Waals surface area contributed by atoms with E-state index in [1.165, 1.54) is 7.11 Å². The molecule has 0 aliphatic rings. The molecule has 0 fully saturated rings. The molecule has 0 bridgehead atoms. The Morgan fingerprint density at radius 1 is 1.17 bits per heavy atom. The first-order chi connectivity index (χ1) is 11.6. The molecule has 0 atom stereocenters. The van der Waals surface area contributed by atoms with Crippen LogP contribution in [0.2, 0.25) is 0 Å². The summed E-state index contributed by atoms with van der Waals surface area (Å²) in [5.41, 5.74) is 0.501. The lowest BCUT2D eigenvalue weighted by Crippen LogP contribution is -2.12. The second-order valence-electron chi connectivity index (χ2n) is 4.78. The van der Waals surface area contributed by atoms with Gasteiger partial charge in [-0.05, 0) is 18.6 Å². The number of rotatable bonds is 7. The lowest BCUT2D eigenvalue weighted by molar-refractivity contribution is -0.116. The highest BCUT2D eigenvalue weighted by Gasteiger charge is 2.11. The van der Waals surface area contributed by atoms with Gasteiger partial charge in [-0.1, -0.05) is 13.3 Å². The fourth-order valence-electron chi connectivity index (χ4n) is 1.85. The first kappa shape index (κ1) is 18.5. The van der Waals surface area contributed by atoms with Gasteiger partial charge in [0.25, 0.3) is 0 Å². The fraction of sp³-hybridized carbons (Fsp3) is 0.294. The maximum Gasteiger partial charge on any atom is 0.224 e. The van der Waals surface area contributed by atoms with Gasteiger partial charge in [-0.25, -0.2) is 0 Å². The summed E-state index contributed by atoms with van der Waals surface area (Å²) in [5.74, 6) is 0.294. The predicted octanol–water partition coefficient (Wildman–Crippen LogP) is 3.06. The van der Waals surface area contributed by atoms with Crippen LogP contribution in [0.3, 0.4) is 0 Å². The second-order valence-corrected chi connectivity index (χ2v) is 4.78. The zero-order valence-electron chi connectivity index (χ0n) is 13.5. The number of carbonyl (C=O) groups excluding carboxylic acids is 1. The number of ether oxygens (including phenoxy) is 1. The number of hydrogen-bond donors (Lipinski definition) is 2. The Morgan fingerprint density at radius 3 is 2.42 bits per heavy atom. The predicted molar refractivity (Wildman–Crippen MR) is 88.6 cm³/mol. The Bertz CT molecular complexity index is 747. The van der Waals surface area contributed by atoms with Gasteiger partial charge in [0, 0.05) is 18.2 Å². The highest BCUT2D eigenvalue weighted by atomic mass is 16.5. The van der Waals surface area contributed by atoms with Crippen LogP contribution in [0.1, 0.15) is 26.2 Å². The summed E-state index contributed by atoms with van der Waals surface area (Å²) in [7, 11) is 1.46. The van der Waals surface area contributed by atoms with Crippen molar-refractivity contribution in [3.63, 3.8) is 0 Å². The molecule has 0 radical (unpaired) electrons. The molecular weight excluding hydrogens is 306 g/mol. The molecule has 0 aliphatic carbocycles. The molecule has 0 spiro atoms. The van der Waals surface area contributed by atoms with E-state index in [9.17, 15) is 4.79 Å². The Hall–Kier alpha value is -3.50. The van der Waals surface area contributed by atoms with E-state index in [1.54, 1.807) is 36.4 Å². The smallest absolute Gasteiger partial charge is 0.224 e. The Labute approximate surface area is 140 Å². The van der Waals surface area contributed by atoms with Gasteiger partial charge >= 0.3 is 0 Å². The molecule has 1 aromatic carbocycles. The summed E-state index contributed by atoms with van der Waals surface area (Å²) in [6.45, 7) is 2.01. The van der Waals surface area contributed by atoms with Crippen molar-refractivity contribution in [2.24, 2.45) is 0 Å². The van der Waals surface area contributed by atoms with Gasteiger partial charge in [0.1, 0.15) is 29.7 Å². The van der Waals surface area contributed by atoms with Crippen molar-refractivity contribution in [3.8, 4) is 24.0 Å². The van der Waals surface area contributed by atoms with E-state index in [0.29, 0.717) is 23.5 Å². The topological polar surface area (TPSA) is 122 Å². The van der Waals surface area contributed by atoms with Gasteiger partial charge in [-0.15, -0.1) is 0 Å². The summed E-state index contributed by atoms with van der Waals surface area (Å²) in [4.78, 5) is 11.8. The van der Waals surface area contributed by atoms with Crippen LogP contribution in [-0.2, 0) is 4.79 Å². The van der Waals surface area contributed by atoms with E-state index in [0.717, 1.165) is 12.8 Å². The standard InChI is InChI=1S/C17H17N5O2/c1-3-4-5-17(23)22-14-7-6-13(8-16(14)24-2)21-15(11-20)12(9-18)10-19/h6-8,21H,3-5H2,1-2H3,(H,22,23). The third kappa shape index (κ3) is 5.05. The second kappa shape index (κ2) is 9.50. The lowest BCUT2D eigenvalue weighted by Gasteiger charge is -2.12. The molecular formula is C17H17N5O2. The summed E-state index contributed by atoms with van der Waals surface area (Å²) < 4.78 is 5.24. The molecule has 0 unspecified atom stereocenters. The average molecular weight is 323 g/mol. The molecule has 122 valence electrons. The van der Waals surface area contributed by atoms with Gasteiger partial charge in [0.2, 0.25) is 5.91 Å². The first-order valence-corrected chi connectivity index (χ1v) is 7.29. The Morgan fingerprint density at radius 2 is 1.88 bits per heavy atom. The Balaban J connectivity index is 3.01. The molecule has 7 heteroatoms. The largest absolute Gasteiger partial charge is 0.494 e. The number of amides is 1. The minimum Gasteiger partial charge on any atom is -0.494 e. The normalized spacial score (nSPS) is 8.96. The van der Waals surface area contributed by atoms with Crippen LogP contribution in [-0.4, -0.2) is 13.0 Å². The minimum atomic E-state index is -0.312. The van der Waals surface area contributed by atoms with Crippen molar-refractivity contribution in [1.29, 1.82) is 15.8 Å². The molecule has 0 aromatic heterocycles. The average Bonchev–Trinajstić information content (AvgIpc) is 2.61. The monoisotopic (exact) mass is 323 g/mol. The van der Waals surface area contributed by atoms with Crippen LogP contribution >= 0.6 is 0 Å². The fourth-order valence-corrected chi connectivity index (χ4v) is 1.85. The van der Waals surface area contributed by atoms with E-state index < -0.39 is 0 Å². The maximum atomic E-state index is 11.8. The van der Waals surface area contributed by atoms with E-state index in [1.807, 2.05) is 6.92 Å². The van der Waals surface area contributed by atoms with E-state index in [4.69, 9.17) is 20.5 Å². The number of unbranched alkanes of at least 4 members (excludes halogenated alkanes) is 1. The van der Waals surface area contributed by atoms with Crippen molar-refractivity contribution in [2.75, 3.05) is 17.7 Å². The van der Waals surface area contributed by atoms with E-state index in [2.05, 4.69) is 10.6 Å². The SMILES string of the molecule is CCCCC(=O)Nc1ccc(NC(C#N)=C(C#N)C#N)cc1OC. The molecule has 0 saturated heterocycles. The number of allylic oxidation sites excluding steroid dienone is 2. The summed E-state index contributed by atoms with van der Waals surface area (Å²) in [6, 6.07) is 9.89. The summed E-state index contributed by atoms with van der Waals surface area (Å²) in [6.07, 6.45) is 2.15. The number of nitrogens with zero attached hydrogens (tertiary/aromatic N) is 3. The molecule has 0 aliphatic heterocycles. The molecule has 1 rings (SSSR count). The van der Waals surface area contributed by atoms with Crippen LogP contribution in [0.4, 0.5) is 11.4 Å². The van der Waals surface area contributed by atoms with Gasteiger partial charge in [-0.2, -0.15) is 15.8 Å². The van der Waals surface area contributed by atoms with Crippen LogP contribution in [0, 0.1) is 34.0 Å². The molecule has 0 saturated carbocycles.